The molecular formula is C14H18N4O4. The molecule has 0 amide bonds. The molecule has 8 heteroatoms. The van der Waals surface area contributed by atoms with Gasteiger partial charge in [0.05, 0.1) is 15.9 Å². The smallest absolute Gasteiger partial charge is 0.272 e. The van der Waals surface area contributed by atoms with Crippen molar-refractivity contribution in [2.45, 2.75) is 44.9 Å². The molecule has 1 N–H and O–H groups in total. The third-order valence-corrected chi connectivity index (χ3v) is 3.65. The summed E-state index contributed by atoms with van der Waals surface area (Å²) in [5.41, 5.74) is 3.21. The van der Waals surface area contributed by atoms with Crippen LogP contribution in [0.3, 0.4) is 0 Å². The summed E-state index contributed by atoms with van der Waals surface area (Å²) >= 11 is 0. The highest BCUT2D eigenvalue weighted by Crippen LogP contribution is 2.29. The number of nitrogens with zero attached hydrogens (tertiary/aromatic N) is 3. The molecule has 0 aromatic heterocycles. The summed E-state index contributed by atoms with van der Waals surface area (Å²) in [6.07, 6.45) is 7.51. The quantitative estimate of drug-likeness (QED) is 0.667. The molecule has 118 valence electrons. The molecule has 0 unspecified atom stereocenters. The van der Waals surface area contributed by atoms with Crippen LogP contribution in [0.15, 0.2) is 23.3 Å². The average molecular weight is 306 g/mol. The van der Waals surface area contributed by atoms with Gasteiger partial charge in [-0.3, -0.25) is 25.7 Å². The molecule has 1 aromatic rings. The molecule has 1 fully saturated rings. The van der Waals surface area contributed by atoms with Gasteiger partial charge in [-0.1, -0.05) is 19.3 Å². The van der Waals surface area contributed by atoms with E-state index in [0.29, 0.717) is 0 Å². The average Bonchev–Trinajstić information content (AvgIpc) is 2.45. The number of benzene rings is 1. The van der Waals surface area contributed by atoms with Gasteiger partial charge in [0.15, 0.2) is 0 Å². The van der Waals surface area contributed by atoms with Gasteiger partial charge in [0, 0.05) is 11.8 Å². The number of nitrogens with one attached hydrogen (secondary N) is 1. The molecule has 0 atom stereocenters. The van der Waals surface area contributed by atoms with Gasteiger partial charge in [0.1, 0.15) is 5.69 Å². The highest BCUT2D eigenvalue weighted by atomic mass is 16.6. The van der Waals surface area contributed by atoms with Crippen LogP contribution in [-0.4, -0.2) is 15.6 Å². The van der Waals surface area contributed by atoms with E-state index in [9.17, 15) is 20.2 Å². The minimum Gasteiger partial charge on any atom is -0.272 e. The number of anilines is 1. The van der Waals surface area contributed by atoms with Crippen molar-refractivity contribution in [2.24, 2.45) is 5.10 Å². The lowest BCUT2D eigenvalue weighted by atomic mass is 9.99. The van der Waals surface area contributed by atoms with Crippen LogP contribution in [0.2, 0.25) is 0 Å². The van der Waals surface area contributed by atoms with E-state index in [0.717, 1.165) is 37.5 Å². The third kappa shape index (κ3) is 4.24. The zero-order valence-electron chi connectivity index (χ0n) is 12.2. The van der Waals surface area contributed by atoms with E-state index in [2.05, 4.69) is 10.5 Å². The molecule has 1 aliphatic rings. The van der Waals surface area contributed by atoms with Gasteiger partial charge < -0.3 is 0 Å². The first-order valence-electron chi connectivity index (χ1n) is 7.32. The van der Waals surface area contributed by atoms with Crippen LogP contribution >= 0.6 is 0 Å². The van der Waals surface area contributed by atoms with Crippen molar-refractivity contribution >= 4 is 22.8 Å². The van der Waals surface area contributed by atoms with E-state index in [1.54, 1.807) is 0 Å². The number of non-ortho nitro benzene ring substituents is 1. The van der Waals surface area contributed by atoms with Crippen molar-refractivity contribution in [3.8, 4) is 0 Å². The number of nitro benzene ring substituents is 2. The van der Waals surface area contributed by atoms with Gasteiger partial charge in [-0.2, -0.15) is 5.10 Å². The van der Waals surface area contributed by atoms with Crippen LogP contribution in [0.5, 0.6) is 0 Å². The minimum absolute atomic E-state index is 0.171. The Morgan fingerprint density at radius 2 is 1.59 bits per heavy atom. The Morgan fingerprint density at radius 3 is 2.18 bits per heavy atom. The van der Waals surface area contributed by atoms with E-state index in [4.69, 9.17) is 0 Å². The van der Waals surface area contributed by atoms with E-state index >= 15 is 0 Å². The Labute approximate surface area is 127 Å². The molecule has 0 bridgehead atoms. The molecule has 1 aromatic carbocycles. The van der Waals surface area contributed by atoms with E-state index < -0.39 is 9.85 Å². The van der Waals surface area contributed by atoms with Crippen molar-refractivity contribution in [2.75, 3.05) is 5.43 Å². The first-order valence-corrected chi connectivity index (χ1v) is 7.32. The zero-order valence-corrected chi connectivity index (χ0v) is 12.2. The maximum atomic E-state index is 11.0. The molecule has 1 saturated carbocycles. The van der Waals surface area contributed by atoms with Crippen molar-refractivity contribution < 1.29 is 9.85 Å². The molecule has 0 heterocycles. The Morgan fingerprint density at radius 1 is 0.955 bits per heavy atom. The first-order chi connectivity index (χ1) is 10.6. The zero-order chi connectivity index (χ0) is 15.9. The van der Waals surface area contributed by atoms with Gasteiger partial charge in [-0.05, 0) is 31.7 Å². The van der Waals surface area contributed by atoms with Gasteiger partial charge in [-0.25, -0.2) is 0 Å². The number of hydrazone groups is 1. The van der Waals surface area contributed by atoms with E-state index in [1.807, 2.05) is 0 Å². The van der Waals surface area contributed by atoms with E-state index in [1.165, 1.54) is 31.4 Å². The Hall–Kier alpha value is -2.51. The molecule has 2 rings (SSSR count). The largest absolute Gasteiger partial charge is 0.301 e. The van der Waals surface area contributed by atoms with Crippen LogP contribution in [0, 0.1) is 20.2 Å². The summed E-state index contributed by atoms with van der Waals surface area (Å²) < 4.78 is 0. The summed E-state index contributed by atoms with van der Waals surface area (Å²) in [5, 5.41) is 26.0. The van der Waals surface area contributed by atoms with Gasteiger partial charge in [-0.15, -0.1) is 0 Å². The van der Waals surface area contributed by atoms with Crippen molar-refractivity contribution in [3.05, 3.63) is 38.4 Å². The van der Waals surface area contributed by atoms with Crippen LogP contribution < -0.4 is 5.43 Å². The molecule has 0 spiro atoms. The second-order valence-electron chi connectivity index (χ2n) is 5.27. The lowest BCUT2D eigenvalue weighted by Crippen LogP contribution is -2.06. The van der Waals surface area contributed by atoms with Gasteiger partial charge in [0.25, 0.3) is 5.69 Å². The monoisotopic (exact) mass is 306 g/mol. The molecule has 8 nitrogen and oxygen atoms in total. The highest BCUT2D eigenvalue weighted by molar-refractivity contribution is 5.85. The summed E-state index contributed by atoms with van der Waals surface area (Å²) in [6.45, 7) is 0. The Kier molecular flexibility index (Phi) is 5.40. The Balaban J connectivity index is 2.17. The first kappa shape index (κ1) is 15.9. The molecule has 1 aliphatic carbocycles. The summed E-state index contributed by atoms with van der Waals surface area (Å²) in [4.78, 5) is 20.4. The second kappa shape index (κ2) is 7.48. The minimum atomic E-state index is -0.655. The summed E-state index contributed by atoms with van der Waals surface area (Å²) in [6, 6.07) is 3.50. The molecule has 22 heavy (non-hydrogen) atoms. The van der Waals surface area contributed by atoms with Crippen molar-refractivity contribution in [1.82, 2.24) is 0 Å². The fourth-order valence-electron chi connectivity index (χ4n) is 2.44. The normalized spacial score (nSPS) is 15.5. The summed E-state index contributed by atoms with van der Waals surface area (Å²) in [5.74, 6) is 0. The molecular weight excluding hydrogens is 288 g/mol. The standard InChI is InChI=1S/C14H18N4O4/c19-17(20)12-8-9-13(14(10-12)18(21)22)16-15-11-6-4-2-1-3-5-7-11/h8-10,16H,1-7H2. The number of nitro groups is 2. The fourth-order valence-corrected chi connectivity index (χ4v) is 2.44. The number of hydrogen-bond acceptors (Lipinski definition) is 6. The van der Waals surface area contributed by atoms with E-state index in [-0.39, 0.29) is 17.1 Å². The molecule has 0 aliphatic heterocycles. The second-order valence-corrected chi connectivity index (χ2v) is 5.27. The van der Waals surface area contributed by atoms with Crippen molar-refractivity contribution in [3.63, 3.8) is 0 Å². The summed E-state index contributed by atoms with van der Waals surface area (Å²) in [7, 11) is 0. The maximum absolute atomic E-state index is 11.0. The van der Waals surface area contributed by atoms with Crippen LogP contribution in [0.4, 0.5) is 17.1 Å². The SMILES string of the molecule is O=[N+]([O-])c1ccc(NN=C2CCCCCCC2)c([N+](=O)[O-])c1. The number of hydrogen-bond donors (Lipinski definition) is 1. The lowest BCUT2D eigenvalue weighted by molar-refractivity contribution is -0.393. The highest BCUT2D eigenvalue weighted by Gasteiger charge is 2.19. The number of rotatable bonds is 4. The fraction of sp³-hybridized carbons (Fsp3) is 0.500. The van der Waals surface area contributed by atoms with Crippen molar-refractivity contribution in [1.29, 1.82) is 0 Å². The third-order valence-electron chi connectivity index (χ3n) is 3.65. The maximum Gasteiger partial charge on any atom is 0.301 e. The predicted molar refractivity (Wildman–Crippen MR) is 83.1 cm³/mol. The molecule has 0 radical (unpaired) electrons. The predicted octanol–water partition coefficient (Wildman–Crippen LogP) is 4.02. The topological polar surface area (TPSA) is 111 Å². The van der Waals surface area contributed by atoms with Crippen LogP contribution in [-0.2, 0) is 0 Å². The lowest BCUT2D eigenvalue weighted by Gasteiger charge is -2.11. The molecule has 0 saturated heterocycles. The van der Waals surface area contributed by atoms with Crippen LogP contribution in [0.1, 0.15) is 44.9 Å². The van der Waals surface area contributed by atoms with Gasteiger partial charge >= 0.3 is 5.69 Å². The Bertz CT molecular complexity index is 591. The van der Waals surface area contributed by atoms with Gasteiger partial charge in [0.2, 0.25) is 0 Å². The van der Waals surface area contributed by atoms with Crippen LogP contribution in [0.25, 0.3) is 0 Å².